The number of rotatable bonds is 6. The molecule has 0 atom stereocenters. The van der Waals surface area contributed by atoms with Crippen molar-refractivity contribution in [1.29, 1.82) is 0 Å². The summed E-state index contributed by atoms with van der Waals surface area (Å²) in [6.07, 6.45) is 7.91. The normalized spacial score (nSPS) is 15.2. The highest BCUT2D eigenvalue weighted by Crippen LogP contribution is 2.14. The van der Waals surface area contributed by atoms with Gasteiger partial charge in [0.1, 0.15) is 0 Å². The van der Waals surface area contributed by atoms with Gasteiger partial charge in [0, 0.05) is 62.2 Å². The maximum Gasteiger partial charge on any atom is 0.191 e. The second-order valence-electron chi connectivity index (χ2n) is 7.71. The Bertz CT molecular complexity index is 983. The van der Waals surface area contributed by atoms with Crippen LogP contribution in [0.1, 0.15) is 24.1 Å². The van der Waals surface area contributed by atoms with Gasteiger partial charge >= 0.3 is 0 Å². The Balaban J connectivity index is 0.00000289. The van der Waals surface area contributed by atoms with E-state index in [2.05, 4.69) is 36.7 Å². The first-order chi connectivity index (χ1) is 15.2. The van der Waals surface area contributed by atoms with Crippen LogP contribution in [0, 0.1) is 0 Å². The standard InChI is InChI=1S/C23H28ClN7.HI/c1-25-23(27-14-18-15-28-31(16-18)22-7-5-19(24)6-8-22)29-20-9-12-30(13-10-20)17-21-4-2-3-11-26-21;/h2-8,11,15-16,20H,9-10,12-14,17H2,1H3,(H2,25,27,29);1H. The molecule has 0 radical (unpaired) electrons. The SMILES string of the molecule is CN=C(NCc1cnn(-c2ccc(Cl)cc2)c1)NC1CCN(Cc2ccccn2)CC1.I. The zero-order valence-electron chi connectivity index (χ0n) is 18.1. The first-order valence-corrected chi connectivity index (χ1v) is 11.0. The maximum absolute atomic E-state index is 5.96. The lowest BCUT2D eigenvalue weighted by molar-refractivity contribution is 0.196. The number of pyridine rings is 1. The lowest BCUT2D eigenvalue weighted by Crippen LogP contribution is -2.48. The topological polar surface area (TPSA) is 70.4 Å². The van der Waals surface area contributed by atoms with Crippen LogP contribution in [0.15, 0.2) is 66.0 Å². The van der Waals surface area contributed by atoms with Crippen LogP contribution in [0.4, 0.5) is 0 Å². The third-order valence-corrected chi connectivity index (χ3v) is 5.70. The van der Waals surface area contributed by atoms with Gasteiger partial charge in [-0.25, -0.2) is 4.68 Å². The summed E-state index contributed by atoms with van der Waals surface area (Å²) in [5, 5.41) is 12.1. The molecule has 9 heteroatoms. The molecule has 0 aliphatic carbocycles. The zero-order chi connectivity index (χ0) is 21.5. The van der Waals surface area contributed by atoms with E-state index in [0.717, 1.165) is 60.4 Å². The quantitative estimate of drug-likeness (QED) is 0.270. The molecule has 0 amide bonds. The van der Waals surface area contributed by atoms with Crippen LogP contribution in [0.3, 0.4) is 0 Å². The molecule has 4 rings (SSSR count). The first-order valence-electron chi connectivity index (χ1n) is 10.6. The summed E-state index contributed by atoms with van der Waals surface area (Å²) in [7, 11) is 1.81. The highest BCUT2D eigenvalue weighted by Gasteiger charge is 2.20. The van der Waals surface area contributed by atoms with Crippen molar-refractivity contribution in [3.05, 3.63) is 77.3 Å². The number of benzene rings is 1. The van der Waals surface area contributed by atoms with E-state index < -0.39 is 0 Å². The molecule has 0 spiro atoms. The van der Waals surface area contributed by atoms with Crippen molar-refractivity contribution in [3.63, 3.8) is 0 Å². The summed E-state index contributed by atoms with van der Waals surface area (Å²) in [6.45, 7) is 3.68. The van der Waals surface area contributed by atoms with E-state index in [4.69, 9.17) is 11.6 Å². The molecule has 1 aromatic carbocycles. The molecule has 0 saturated carbocycles. The molecular weight excluding hydrogens is 537 g/mol. The summed E-state index contributed by atoms with van der Waals surface area (Å²) in [4.78, 5) is 11.3. The van der Waals surface area contributed by atoms with Gasteiger partial charge in [0.25, 0.3) is 0 Å². The van der Waals surface area contributed by atoms with Crippen molar-refractivity contribution < 1.29 is 0 Å². The molecule has 1 saturated heterocycles. The van der Waals surface area contributed by atoms with Gasteiger partial charge in [0.15, 0.2) is 5.96 Å². The minimum absolute atomic E-state index is 0. The number of likely N-dealkylation sites (tertiary alicyclic amines) is 1. The van der Waals surface area contributed by atoms with Crippen molar-refractivity contribution in [3.8, 4) is 5.69 Å². The fourth-order valence-electron chi connectivity index (χ4n) is 3.72. The van der Waals surface area contributed by atoms with E-state index in [1.54, 1.807) is 0 Å². The zero-order valence-corrected chi connectivity index (χ0v) is 21.2. The van der Waals surface area contributed by atoms with E-state index in [1.165, 1.54) is 0 Å². The highest BCUT2D eigenvalue weighted by atomic mass is 127. The summed E-state index contributed by atoms with van der Waals surface area (Å²) < 4.78 is 1.85. The Hall–Kier alpha value is -2.17. The van der Waals surface area contributed by atoms with Crippen molar-refractivity contribution in [2.24, 2.45) is 4.99 Å². The van der Waals surface area contributed by atoms with E-state index >= 15 is 0 Å². The molecule has 1 fully saturated rings. The fraction of sp³-hybridized carbons (Fsp3) is 0.348. The van der Waals surface area contributed by atoms with E-state index in [9.17, 15) is 0 Å². The summed E-state index contributed by atoms with van der Waals surface area (Å²) >= 11 is 5.96. The molecule has 3 aromatic rings. The minimum Gasteiger partial charge on any atom is -0.354 e. The maximum atomic E-state index is 5.96. The molecule has 7 nitrogen and oxygen atoms in total. The smallest absolute Gasteiger partial charge is 0.191 e. The third kappa shape index (κ3) is 6.91. The molecule has 32 heavy (non-hydrogen) atoms. The monoisotopic (exact) mass is 565 g/mol. The molecule has 1 aliphatic heterocycles. The van der Waals surface area contributed by atoms with Crippen LogP contribution >= 0.6 is 35.6 Å². The molecule has 0 unspecified atom stereocenters. The fourth-order valence-corrected chi connectivity index (χ4v) is 3.84. The van der Waals surface area contributed by atoms with Crippen LogP contribution in [0.25, 0.3) is 5.69 Å². The number of aromatic nitrogens is 3. The van der Waals surface area contributed by atoms with Gasteiger partial charge in [0.05, 0.1) is 17.6 Å². The van der Waals surface area contributed by atoms with Gasteiger partial charge in [-0.2, -0.15) is 5.10 Å². The first kappa shape index (κ1) is 24.5. The number of hydrogen-bond donors (Lipinski definition) is 2. The second kappa shape index (κ2) is 12.2. The Labute approximate surface area is 211 Å². The molecule has 2 aromatic heterocycles. The molecule has 0 bridgehead atoms. The average Bonchev–Trinajstić information content (AvgIpc) is 3.28. The number of halogens is 2. The van der Waals surface area contributed by atoms with Crippen LogP contribution in [0.5, 0.6) is 0 Å². The second-order valence-corrected chi connectivity index (χ2v) is 8.15. The molecule has 2 N–H and O–H groups in total. The predicted octanol–water partition coefficient (Wildman–Crippen LogP) is 3.87. The highest BCUT2D eigenvalue weighted by molar-refractivity contribution is 14.0. The Morgan fingerprint density at radius 1 is 1.16 bits per heavy atom. The lowest BCUT2D eigenvalue weighted by atomic mass is 10.0. The third-order valence-electron chi connectivity index (χ3n) is 5.45. The molecular formula is C23H29ClIN7. The number of nitrogens with one attached hydrogen (secondary N) is 2. The van der Waals surface area contributed by atoms with Crippen LogP contribution < -0.4 is 10.6 Å². The molecule has 1 aliphatic rings. The number of hydrogen-bond acceptors (Lipinski definition) is 4. The number of nitrogens with zero attached hydrogens (tertiary/aromatic N) is 5. The van der Waals surface area contributed by atoms with Gasteiger partial charge in [-0.05, 0) is 49.2 Å². The number of guanidine groups is 1. The van der Waals surface area contributed by atoms with Gasteiger partial charge in [-0.15, -0.1) is 24.0 Å². The van der Waals surface area contributed by atoms with E-state index in [-0.39, 0.29) is 24.0 Å². The largest absolute Gasteiger partial charge is 0.354 e. The molecule has 170 valence electrons. The average molecular weight is 566 g/mol. The van der Waals surface area contributed by atoms with Gasteiger partial charge in [-0.1, -0.05) is 17.7 Å². The number of piperidine rings is 1. The number of aliphatic imine (C=N–C) groups is 1. The van der Waals surface area contributed by atoms with Crippen LogP contribution in [0.2, 0.25) is 5.02 Å². The van der Waals surface area contributed by atoms with Crippen molar-refractivity contribution in [2.45, 2.75) is 32.0 Å². The van der Waals surface area contributed by atoms with Gasteiger partial charge in [-0.3, -0.25) is 14.9 Å². The summed E-state index contributed by atoms with van der Waals surface area (Å²) in [5.41, 5.74) is 3.20. The van der Waals surface area contributed by atoms with Crippen molar-refractivity contribution in [2.75, 3.05) is 20.1 Å². The Morgan fingerprint density at radius 3 is 2.62 bits per heavy atom. The van der Waals surface area contributed by atoms with Gasteiger partial charge in [0.2, 0.25) is 0 Å². The Kier molecular flexibility index (Phi) is 9.31. The summed E-state index contributed by atoms with van der Waals surface area (Å²) in [5.74, 6) is 0.822. The van der Waals surface area contributed by atoms with Crippen molar-refractivity contribution in [1.82, 2.24) is 30.3 Å². The minimum atomic E-state index is 0. The lowest BCUT2D eigenvalue weighted by Gasteiger charge is -2.32. The van der Waals surface area contributed by atoms with Crippen molar-refractivity contribution >= 4 is 41.5 Å². The van der Waals surface area contributed by atoms with Gasteiger partial charge < -0.3 is 10.6 Å². The van der Waals surface area contributed by atoms with Crippen LogP contribution in [-0.4, -0.2) is 51.8 Å². The van der Waals surface area contributed by atoms with Crippen LogP contribution in [-0.2, 0) is 13.1 Å². The van der Waals surface area contributed by atoms with E-state index in [0.29, 0.717) is 12.6 Å². The molecule has 3 heterocycles. The van der Waals surface area contributed by atoms with E-state index in [1.807, 2.05) is 66.7 Å². The predicted molar refractivity (Wildman–Crippen MR) is 140 cm³/mol. The Morgan fingerprint density at radius 2 is 1.94 bits per heavy atom. The summed E-state index contributed by atoms with van der Waals surface area (Å²) in [6, 6.07) is 14.1.